The van der Waals surface area contributed by atoms with Gasteiger partial charge in [-0.3, -0.25) is 4.68 Å². The Kier molecular flexibility index (Phi) is 6.08. The van der Waals surface area contributed by atoms with Crippen LogP contribution in [-0.2, 0) is 17.1 Å². The summed E-state index contributed by atoms with van der Waals surface area (Å²) in [6.07, 6.45) is 0.961. The Labute approximate surface area is 204 Å². The molecule has 1 aliphatic heterocycles. The van der Waals surface area contributed by atoms with Crippen molar-refractivity contribution in [3.63, 3.8) is 0 Å². The molecule has 0 amide bonds. The molecule has 10 nitrogen and oxygen atoms in total. The van der Waals surface area contributed by atoms with Gasteiger partial charge in [-0.25, -0.2) is 23.1 Å². The number of fused-ring (bicyclic) bond motifs is 1. The van der Waals surface area contributed by atoms with E-state index in [0.717, 1.165) is 34.6 Å². The molecule has 3 aromatic heterocycles. The highest BCUT2D eigenvalue weighted by Gasteiger charge is 2.35. The monoisotopic (exact) mass is 521 g/mol. The molecule has 0 aliphatic carbocycles. The Bertz CT molecular complexity index is 1490. The van der Waals surface area contributed by atoms with Gasteiger partial charge in [-0.1, -0.05) is 12.1 Å². The van der Waals surface area contributed by atoms with Crippen LogP contribution in [0.4, 0.5) is 19.0 Å². The van der Waals surface area contributed by atoms with Crippen LogP contribution in [0, 0.1) is 0 Å². The number of sulfonamides is 1. The summed E-state index contributed by atoms with van der Waals surface area (Å²) in [4.78, 5) is 13.5. The smallest absolute Gasteiger partial charge is 0.404 e. The molecule has 1 fully saturated rings. The molecule has 4 heterocycles. The number of H-pyrrole nitrogens is 1. The summed E-state index contributed by atoms with van der Waals surface area (Å²) in [7, 11) is -2.41. The first-order chi connectivity index (χ1) is 17.1. The van der Waals surface area contributed by atoms with Crippen molar-refractivity contribution in [3.05, 3.63) is 49.1 Å². The molecular formula is C22H22F3N7O3S. The molecule has 0 atom stereocenters. The number of aromatic amines is 1. The predicted molar refractivity (Wildman–Crippen MR) is 125 cm³/mol. The van der Waals surface area contributed by atoms with Gasteiger partial charge in [-0.05, 0) is 31.0 Å². The summed E-state index contributed by atoms with van der Waals surface area (Å²) in [5.41, 5.74) is 2.43. The van der Waals surface area contributed by atoms with Gasteiger partial charge in [0.15, 0.2) is 0 Å². The molecule has 36 heavy (non-hydrogen) atoms. The van der Waals surface area contributed by atoms with E-state index in [1.165, 1.54) is 18.5 Å². The minimum Gasteiger partial charge on any atom is -0.404 e. The number of hydrogen-bond acceptors (Lipinski definition) is 7. The number of rotatable bonds is 6. The van der Waals surface area contributed by atoms with Gasteiger partial charge in [0.05, 0.1) is 17.3 Å². The number of ether oxygens (including phenoxy) is 1. The number of aryl methyl sites for hydroxylation is 1. The molecule has 0 saturated carbocycles. The van der Waals surface area contributed by atoms with Crippen LogP contribution in [0.1, 0.15) is 12.8 Å². The van der Waals surface area contributed by atoms with Crippen LogP contribution in [0.15, 0.2) is 53.9 Å². The highest BCUT2D eigenvalue weighted by molar-refractivity contribution is 7.89. The van der Waals surface area contributed by atoms with Crippen LogP contribution in [0.3, 0.4) is 0 Å². The van der Waals surface area contributed by atoms with E-state index in [0.29, 0.717) is 31.6 Å². The largest absolute Gasteiger partial charge is 0.573 e. The van der Waals surface area contributed by atoms with E-state index >= 15 is 0 Å². The Hall–Kier alpha value is -3.65. The second kappa shape index (κ2) is 9.09. The lowest BCUT2D eigenvalue weighted by Gasteiger charge is -2.33. The molecule has 0 spiro atoms. The fraction of sp³-hybridized carbons (Fsp3) is 0.318. The molecule has 1 saturated heterocycles. The molecule has 1 aromatic carbocycles. The van der Waals surface area contributed by atoms with Crippen molar-refractivity contribution >= 4 is 26.9 Å². The van der Waals surface area contributed by atoms with E-state index in [1.807, 2.05) is 24.2 Å². The molecular weight excluding hydrogens is 499 g/mol. The van der Waals surface area contributed by atoms with Crippen molar-refractivity contribution in [2.24, 2.45) is 7.05 Å². The van der Waals surface area contributed by atoms with Gasteiger partial charge < -0.3 is 14.6 Å². The van der Waals surface area contributed by atoms with Gasteiger partial charge in [-0.15, -0.1) is 13.2 Å². The lowest BCUT2D eigenvalue weighted by Crippen LogP contribution is -2.45. The second-order valence-corrected chi connectivity index (χ2v) is 10.1. The third-order valence-corrected chi connectivity index (χ3v) is 7.46. The number of nitrogens with zero attached hydrogens (tertiary/aromatic N) is 5. The van der Waals surface area contributed by atoms with Crippen LogP contribution in [-0.4, -0.2) is 58.6 Å². The predicted octanol–water partition coefficient (Wildman–Crippen LogP) is 3.20. The minimum absolute atomic E-state index is 0.437. The number of nitrogens with one attached hydrogen (secondary N) is 2. The van der Waals surface area contributed by atoms with Crippen LogP contribution in [0.2, 0.25) is 0 Å². The van der Waals surface area contributed by atoms with Gasteiger partial charge in [0, 0.05) is 37.9 Å². The minimum atomic E-state index is -5.01. The summed E-state index contributed by atoms with van der Waals surface area (Å²) in [5, 5.41) is 5.02. The van der Waals surface area contributed by atoms with E-state index < -0.39 is 33.1 Å². The molecule has 14 heteroatoms. The van der Waals surface area contributed by atoms with Gasteiger partial charge in [-0.2, -0.15) is 5.10 Å². The van der Waals surface area contributed by atoms with E-state index in [2.05, 4.69) is 29.5 Å². The van der Waals surface area contributed by atoms with Gasteiger partial charge in [0.1, 0.15) is 28.4 Å². The first-order valence-electron chi connectivity index (χ1n) is 11.0. The first-order valence-corrected chi connectivity index (χ1v) is 12.5. The molecule has 190 valence electrons. The summed E-state index contributed by atoms with van der Waals surface area (Å²) in [6.45, 7) is 0.987. The summed E-state index contributed by atoms with van der Waals surface area (Å²) >= 11 is 0. The van der Waals surface area contributed by atoms with Crippen molar-refractivity contribution in [1.82, 2.24) is 29.5 Å². The molecule has 1 aliphatic rings. The fourth-order valence-corrected chi connectivity index (χ4v) is 5.70. The average Bonchev–Trinajstić information content (AvgIpc) is 3.44. The number of alkyl halides is 3. The topological polar surface area (TPSA) is 118 Å². The number of aromatic nitrogens is 5. The van der Waals surface area contributed by atoms with Crippen LogP contribution in [0.5, 0.6) is 5.75 Å². The maximum Gasteiger partial charge on any atom is 0.573 e. The molecule has 2 N–H and O–H groups in total. The zero-order valence-corrected chi connectivity index (χ0v) is 19.8. The normalized spacial score (nSPS) is 15.5. The van der Waals surface area contributed by atoms with Gasteiger partial charge >= 0.3 is 6.36 Å². The molecule has 5 rings (SSSR count). The molecule has 0 bridgehead atoms. The summed E-state index contributed by atoms with van der Waals surface area (Å²) in [5.74, 6) is -0.0492. The van der Waals surface area contributed by atoms with Crippen LogP contribution in [0.25, 0.3) is 22.3 Å². The Morgan fingerprint density at radius 2 is 1.92 bits per heavy atom. The maximum absolute atomic E-state index is 12.9. The maximum atomic E-state index is 12.9. The Morgan fingerprint density at radius 3 is 2.61 bits per heavy atom. The van der Waals surface area contributed by atoms with Crippen molar-refractivity contribution in [1.29, 1.82) is 0 Å². The van der Waals surface area contributed by atoms with Crippen molar-refractivity contribution < 1.29 is 26.3 Å². The highest BCUT2D eigenvalue weighted by atomic mass is 32.2. The fourth-order valence-electron chi connectivity index (χ4n) is 4.27. The third kappa shape index (κ3) is 4.99. The lowest BCUT2D eigenvalue weighted by molar-refractivity contribution is -0.275. The number of halogens is 3. The average molecular weight is 522 g/mol. The SMILES string of the molecule is Cn1cc(-c2cc3c(N4CCC(NS(=O)(=O)c5ccccc5OC(F)(F)F)CC4)ncnc3[nH]2)cn1. The van der Waals surface area contributed by atoms with Crippen molar-refractivity contribution in [2.75, 3.05) is 18.0 Å². The van der Waals surface area contributed by atoms with Gasteiger partial charge in [0.2, 0.25) is 10.0 Å². The van der Waals surface area contributed by atoms with Crippen LogP contribution >= 0.6 is 0 Å². The zero-order chi connectivity index (χ0) is 25.5. The number of piperidine rings is 1. The number of hydrogen-bond donors (Lipinski definition) is 2. The quantitative estimate of drug-likeness (QED) is 0.400. The van der Waals surface area contributed by atoms with Gasteiger partial charge in [0.25, 0.3) is 0 Å². The Morgan fingerprint density at radius 1 is 1.17 bits per heavy atom. The van der Waals surface area contributed by atoms with E-state index in [-0.39, 0.29) is 0 Å². The molecule has 0 unspecified atom stereocenters. The molecule has 0 radical (unpaired) electrons. The van der Waals surface area contributed by atoms with E-state index in [4.69, 9.17) is 0 Å². The van der Waals surface area contributed by atoms with E-state index in [1.54, 1.807) is 10.9 Å². The molecule has 4 aromatic rings. The third-order valence-electron chi connectivity index (χ3n) is 5.90. The highest BCUT2D eigenvalue weighted by Crippen LogP contribution is 2.32. The number of anilines is 1. The lowest BCUT2D eigenvalue weighted by atomic mass is 10.1. The van der Waals surface area contributed by atoms with Crippen molar-refractivity contribution in [2.45, 2.75) is 30.1 Å². The zero-order valence-electron chi connectivity index (χ0n) is 19.0. The summed E-state index contributed by atoms with van der Waals surface area (Å²) < 4.78 is 72.0. The van der Waals surface area contributed by atoms with E-state index in [9.17, 15) is 21.6 Å². The first kappa shape index (κ1) is 24.1. The van der Waals surface area contributed by atoms with Crippen molar-refractivity contribution in [3.8, 4) is 17.0 Å². The standard InChI is InChI=1S/C22H22F3N7O3S/c1-31-12-14(11-28-31)17-10-16-20(29-17)26-13-27-21(16)32-8-6-15(7-9-32)30-36(33,34)19-5-3-2-4-18(19)35-22(23,24)25/h2-5,10-13,15,30H,6-9H2,1H3,(H,26,27,29). The number of para-hydroxylation sites is 1. The summed E-state index contributed by atoms with van der Waals surface area (Å²) in [6, 6.07) is 6.18. The second-order valence-electron chi connectivity index (χ2n) is 8.42. The van der Waals surface area contributed by atoms with Crippen LogP contribution < -0.4 is 14.4 Å². The number of benzene rings is 1. The Balaban J connectivity index is 1.30.